The number of rotatable bonds is 7. The Bertz CT molecular complexity index is 642. The maximum atomic E-state index is 13.8. The molecule has 1 aromatic carbocycles. The van der Waals surface area contributed by atoms with Crippen LogP contribution in [0.1, 0.15) is 18.7 Å². The SMILES string of the molecule is Fc1cc2c(cc1I)nc(CCCl)n2CCOCC1CC1. The highest BCUT2D eigenvalue weighted by molar-refractivity contribution is 14.1. The molecule has 0 radical (unpaired) electrons. The van der Waals surface area contributed by atoms with Crippen molar-refractivity contribution in [1.29, 1.82) is 0 Å². The smallest absolute Gasteiger partial charge is 0.138 e. The Morgan fingerprint density at radius 3 is 2.95 bits per heavy atom. The summed E-state index contributed by atoms with van der Waals surface area (Å²) in [7, 11) is 0. The summed E-state index contributed by atoms with van der Waals surface area (Å²) >= 11 is 7.84. The summed E-state index contributed by atoms with van der Waals surface area (Å²) in [6.45, 7) is 2.16. The van der Waals surface area contributed by atoms with E-state index in [1.54, 1.807) is 12.1 Å². The zero-order valence-electron chi connectivity index (χ0n) is 11.6. The van der Waals surface area contributed by atoms with Gasteiger partial charge in [-0.25, -0.2) is 9.37 Å². The Balaban J connectivity index is 1.81. The van der Waals surface area contributed by atoms with Gasteiger partial charge in [-0.1, -0.05) is 0 Å². The van der Waals surface area contributed by atoms with Crippen LogP contribution in [0.5, 0.6) is 0 Å². The minimum absolute atomic E-state index is 0.208. The molecule has 0 unspecified atom stereocenters. The molecule has 2 aromatic rings. The molecule has 1 aliphatic carbocycles. The van der Waals surface area contributed by atoms with Crippen molar-refractivity contribution in [2.24, 2.45) is 5.92 Å². The third kappa shape index (κ3) is 3.68. The average molecular weight is 423 g/mol. The number of aromatic nitrogens is 2. The summed E-state index contributed by atoms with van der Waals surface area (Å²) in [6.07, 6.45) is 3.25. The first-order valence-electron chi connectivity index (χ1n) is 7.17. The van der Waals surface area contributed by atoms with Crippen molar-refractivity contribution < 1.29 is 9.13 Å². The number of ether oxygens (including phenoxy) is 1. The van der Waals surface area contributed by atoms with Crippen molar-refractivity contribution in [3.8, 4) is 0 Å². The zero-order valence-corrected chi connectivity index (χ0v) is 14.5. The predicted octanol–water partition coefficient (Wildman–Crippen LogP) is 3.99. The highest BCUT2D eigenvalue weighted by Crippen LogP contribution is 2.29. The van der Waals surface area contributed by atoms with E-state index in [-0.39, 0.29) is 5.82 Å². The molecule has 0 aliphatic heterocycles. The monoisotopic (exact) mass is 422 g/mol. The molecule has 0 N–H and O–H groups in total. The summed E-state index contributed by atoms with van der Waals surface area (Å²) < 4.78 is 22.1. The molecule has 1 heterocycles. The lowest BCUT2D eigenvalue weighted by atomic mass is 10.3. The van der Waals surface area contributed by atoms with Crippen molar-refractivity contribution in [2.45, 2.75) is 25.8 Å². The van der Waals surface area contributed by atoms with Gasteiger partial charge in [-0.2, -0.15) is 0 Å². The number of benzene rings is 1. The van der Waals surface area contributed by atoms with Gasteiger partial charge in [-0.3, -0.25) is 0 Å². The number of imidazole rings is 1. The second-order valence-electron chi connectivity index (χ2n) is 5.39. The number of alkyl halides is 1. The molecular weight excluding hydrogens is 406 g/mol. The second kappa shape index (κ2) is 6.79. The quantitative estimate of drug-likeness (QED) is 0.383. The maximum Gasteiger partial charge on any atom is 0.138 e. The van der Waals surface area contributed by atoms with Crippen LogP contribution in [0, 0.1) is 15.3 Å². The molecule has 1 aromatic heterocycles. The van der Waals surface area contributed by atoms with E-state index < -0.39 is 0 Å². The van der Waals surface area contributed by atoms with Gasteiger partial charge in [-0.05, 0) is 47.4 Å². The van der Waals surface area contributed by atoms with Gasteiger partial charge in [0.15, 0.2) is 0 Å². The molecule has 0 atom stereocenters. The van der Waals surface area contributed by atoms with Gasteiger partial charge in [0.2, 0.25) is 0 Å². The molecule has 0 saturated heterocycles. The summed E-state index contributed by atoms with van der Waals surface area (Å²) in [5, 5.41) is 0. The minimum Gasteiger partial charge on any atom is -0.379 e. The predicted molar refractivity (Wildman–Crippen MR) is 90.4 cm³/mol. The molecule has 114 valence electrons. The summed E-state index contributed by atoms with van der Waals surface area (Å²) in [4.78, 5) is 4.58. The maximum absolute atomic E-state index is 13.8. The van der Waals surface area contributed by atoms with Gasteiger partial charge in [0, 0.05) is 31.5 Å². The number of aryl methyl sites for hydroxylation is 1. The first-order chi connectivity index (χ1) is 10.2. The standard InChI is InChI=1S/C15H17ClFIN2O/c16-4-3-15-19-13-8-12(18)11(17)7-14(13)20(15)5-6-21-9-10-1-2-10/h7-8,10H,1-6,9H2. The fourth-order valence-electron chi connectivity index (χ4n) is 2.39. The van der Waals surface area contributed by atoms with Crippen molar-refractivity contribution >= 4 is 45.2 Å². The lowest BCUT2D eigenvalue weighted by Gasteiger charge is -2.09. The van der Waals surface area contributed by atoms with Gasteiger partial charge < -0.3 is 9.30 Å². The van der Waals surface area contributed by atoms with Gasteiger partial charge in [-0.15, -0.1) is 11.6 Å². The summed E-state index contributed by atoms with van der Waals surface area (Å²) in [6, 6.07) is 3.34. The molecule has 0 spiro atoms. The highest BCUT2D eigenvalue weighted by atomic mass is 127. The Labute approximate surface area is 142 Å². The molecule has 0 bridgehead atoms. The van der Waals surface area contributed by atoms with Crippen LogP contribution in [-0.4, -0.2) is 28.6 Å². The number of hydrogen-bond donors (Lipinski definition) is 0. The zero-order chi connectivity index (χ0) is 14.8. The van der Waals surface area contributed by atoms with E-state index in [0.717, 1.165) is 29.4 Å². The molecule has 3 nitrogen and oxygen atoms in total. The molecular formula is C15H17ClFIN2O. The van der Waals surface area contributed by atoms with Gasteiger partial charge in [0.1, 0.15) is 11.6 Å². The molecule has 21 heavy (non-hydrogen) atoms. The molecule has 1 aliphatic rings. The van der Waals surface area contributed by atoms with Crippen LogP contribution in [0.25, 0.3) is 11.0 Å². The average Bonchev–Trinajstić information content (AvgIpc) is 3.22. The van der Waals surface area contributed by atoms with E-state index in [4.69, 9.17) is 16.3 Å². The Morgan fingerprint density at radius 1 is 1.43 bits per heavy atom. The molecule has 1 fully saturated rings. The Hall–Kier alpha value is -0.400. The van der Waals surface area contributed by atoms with E-state index in [1.807, 2.05) is 27.2 Å². The van der Waals surface area contributed by atoms with E-state index in [2.05, 4.69) is 4.98 Å². The van der Waals surface area contributed by atoms with Gasteiger partial charge in [0.25, 0.3) is 0 Å². The highest BCUT2D eigenvalue weighted by Gasteiger charge is 2.21. The molecule has 1 saturated carbocycles. The molecule has 6 heteroatoms. The van der Waals surface area contributed by atoms with E-state index in [9.17, 15) is 4.39 Å². The Kier molecular flexibility index (Phi) is 5.01. The van der Waals surface area contributed by atoms with Crippen molar-refractivity contribution in [2.75, 3.05) is 19.1 Å². The van der Waals surface area contributed by atoms with Gasteiger partial charge >= 0.3 is 0 Å². The van der Waals surface area contributed by atoms with E-state index in [1.165, 1.54) is 12.8 Å². The first kappa shape index (κ1) is 15.5. The molecule has 3 rings (SSSR count). The topological polar surface area (TPSA) is 27.1 Å². The van der Waals surface area contributed by atoms with Crippen LogP contribution in [0.2, 0.25) is 0 Å². The van der Waals surface area contributed by atoms with Crippen LogP contribution in [-0.2, 0) is 17.7 Å². The van der Waals surface area contributed by atoms with Gasteiger partial charge in [0.05, 0.1) is 21.2 Å². The number of hydrogen-bond acceptors (Lipinski definition) is 2. The third-order valence-electron chi connectivity index (χ3n) is 3.70. The van der Waals surface area contributed by atoms with Crippen LogP contribution in [0.4, 0.5) is 4.39 Å². The van der Waals surface area contributed by atoms with Crippen molar-refractivity contribution in [1.82, 2.24) is 9.55 Å². The Morgan fingerprint density at radius 2 is 2.24 bits per heavy atom. The lowest BCUT2D eigenvalue weighted by molar-refractivity contribution is 0.117. The number of halogens is 3. The van der Waals surface area contributed by atoms with Crippen molar-refractivity contribution in [3.05, 3.63) is 27.3 Å². The second-order valence-corrected chi connectivity index (χ2v) is 6.93. The minimum atomic E-state index is -0.208. The van der Waals surface area contributed by atoms with Crippen LogP contribution in [0.3, 0.4) is 0 Å². The first-order valence-corrected chi connectivity index (χ1v) is 8.78. The lowest BCUT2D eigenvalue weighted by Crippen LogP contribution is -2.11. The number of fused-ring (bicyclic) bond motifs is 1. The van der Waals surface area contributed by atoms with Crippen LogP contribution < -0.4 is 0 Å². The fraction of sp³-hybridized carbons (Fsp3) is 0.533. The fourth-order valence-corrected chi connectivity index (χ4v) is 3.00. The summed E-state index contributed by atoms with van der Waals surface area (Å²) in [5.74, 6) is 1.95. The number of nitrogens with zero attached hydrogens (tertiary/aromatic N) is 2. The normalized spacial score (nSPS) is 15.0. The largest absolute Gasteiger partial charge is 0.379 e. The molecule has 0 amide bonds. The third-order valence-corrected chi connectivity index (χ3v) is 4.71. The van der Waals surface area contributed by atoms with Crippen LogP contribution >= 0.6 is 34.2 Å². The van der Waals surface area contributed by atoms with E-state index >= 15 is 0 Å². The van der Waals surface area contributed by atoms with Crippen molar-refractivity contribution in [3.63, 3.8) is 0 Å². The van der Waals surface area contributed by atoms with Crippen LogP contribution in [0.15, 0.2) is 12.1 Å². The summed E-state index contributed by atoms with van der Waals surface area (Å²) in [5.41, 5.74) is 1.64. The van der Waals surface area contributed by atoms with E-state index in [0.29, 0.717) is 29.0 Å².